The molecule has 110 valence electrons. The predicted octanol–water partition coefficient (Wildman–Crippen LogP) is 4.91. The number of hydrogen-bond acceptors (Lipinski definition) is 2. The fourth-order valence-corrected chi connectivity index (χ4v) is 3.63. The van der Waals surface area contributed by atoms with Crippen molar-refractivity contribution in [2.75, 3.05) is 5.88 Å². The largest absolute Gasteiger partial charge is 0.328 e. The fraction of sp³-hybridized carbons (Fsp3) is 0.267. The van der Waals surface area contributed by atoms with E-state index in [-0.39, 0.29) is 5.82 Å². The van der Waals surface area contributed by atoms with Gasteiger partial charge >= 0.3 is 0 Å². The number of fused-ring (bicyclic) bond motifs is 1. The average Bonchev–Trinajstić information content (AvgIpc) is 3.00. The first kappa shape index (κ1) is 14.8. The lowest BCUT2D eigenvalue weighted by Crippen LogP contribution is -2.06. The van der Waals surface area contributed by atoms with Crippen molar-refractivity contribution in [3.05, 3.63) is 51.2 Å². The molecule has 6 heteroatoms. The lowest BCUT2D eigenvalue weighted by molar-refractivity contribution is 0.629. The van der Waals surface area contributed by atoms with Gasteiger partial charge in [0.1, 0.15) is 11.6 Å². The van der Waals surface area contributed by atoms with E-state index in [1.54, 1.807) is 17.4 Å². The highest BCUT2D eigenvalue weighted by atomic mass is 35.5. The molecule has 0 unspecified atom stereocenters. The SMILES string of the molecule is Fc1ccc2c(c1)nc(CCCl)n2CCc1ccc(Cl)s1. The second-order valence-corrected chi connectivity index (χ2v) is 6.89. The quantitative estimate of drug-likeness (QED) is 0.602. The maximum absolute atomic E-state index is 13.3. The molecule has 0 fully saturated rings. The maximum atomic E-state index is 13.3. The number of nitrogens with zero attached hydrogens (tertiary/aromatic N) is 2. The van der Waals surface area contributed by atoms with E-state index in [9.17, 15) is 4.39 Å². The number of rotatable bonds is 5. The lowest BCUT2D eigenvalue weighted by atomic mass is 10.3. The zero-order valence-corrected chi connectivity index (χ0v) is 13.5. The number of hydrogen-bond donors (Lipinski definition) is 0. The van der Waals surface area contributed by atoms with Crippen LogP contribution in [-0.2, 0) is 19.4 Å². The minimum Gasteiger partial charge on any atom is -0.328 e. The van der Waals surface area contributed by atoms with Gasteiger partial charge in [-0.2, -0.15) is 0 Å². The van der Waals surface area contributed by atoms with Crippen LogP contribution < -0.4 is 0 Å². The Kier molecular flexibility index (Phi) is 4.48. The van der Waals surface area contributed by atoms with Crippen LogP contribution in [0.2, 0.25) is 4.34 Å². The average molecular weight is 343 g/mol. The molecular weight excluding hydrogens is 330 g/mol. The summed E-state index contributed by atoms with van der Waals surface area (Å²) in [7, 11) is 0. The second kappa shape index (κ2) is 6.34. The monoisotopic (exact) mass is 342 g/mol. The Bertz CT molecular complexity index is 766. The molecule has 21 heavy (non-hydrogen) atoms. The van der Waals surface area contributed by atoms with Crippen molar-refractivity contribution in [2.45, 2.75) is 19.4 Å². The highest BCUT2D eigenvalue weighted by molar-refractivity contribution is 7.16. The van der Waals surface area contributed by atoms with Gasteiger partial charge in [0, 0.05) is 29.8 Å². The summed E-state index contributed by atoms with van der Waals surface area (Å²) in [4.78, 5) is 5.72. The van der Waals surface area contributed by atoms with Gasteiger partial charge in [0.25, 0.3) is 0 Å². The van der Waals surface area contributed by atoms with E-state index in [1.807, 2.05) is 12.1 Å². The molecule has 2 nitrogen and oxygen atoms in total. The van der Waals surface area contributed by atoms with Crippen molar-refractivity contribution in [1.29, 1.82) is 0 Å². The Balaban J connectivity index is 1.92. The molecule has 2 aromatic heterocycles. The Morgan fingerprint density at radius 1 is 1.19 bits per heavy atom. The van der Waals surface area contributed by atoms with Crippen molar-refractivity contribution in [3.8, 4) is 0 Å². The Labute approximate surface area is 136 Å². The van der Waals surface area contributed by atoms with E-state index in [4.69, 9.17) is 23.2 Å². The van der Waals surface area contributed by atoms with Gasteiger partial charge in [0.2, 0.25) is 0 Å². The maximum Gasteiger partial charge on any atom is 0.125 e. The van der Waals surface area contributed by atoms with Crippen molar-refractivity contribution in [2.24, 2.45) is 0 Å². The van der Waals surface area contributed by atoms with E-state index < -0.39 is 0 Å². The van der Waals surface area contributed by atoms with Crippen molar-refractivity contribution < 1.29 is 4.39 Å². The topological polar surface area (TPSA) is 17.8 Å². The van der Waals surface area contributed by atoms with Gasteiger partial charge in [0.15, 0.2) is 0 Å². The second-order valence-electron chi connectivity index (χ2n) is 4.71. The lowest BCUT2D eigenvalue weighted by Gasteiger charge is -2.07. The van der Waals surface area contributed by atoms with Crippen LogP contribution in [-0.4, -0.2) is 15.4 Å². The standard InChI is InChI=1S/C15H13Cl2FN2S/c16-7-5-15-19-12-9-10(18)1-3-13(12)20(15)8-6-11-2-4-14(17)21-11/h1-4,9H,5-8H2. The molecule has 0 spiro atoms. The molecule has 3 rings (SSSR count). The molecule has 0 aliphatic carbocycles. The number of halogens is 3. The number of benzene rings is 1. The number of thiophene rings is 1. The van der Waals surface area contributed by atoms with Gasteiger partial charge in [-0.1, -0.05) is 11.6 Å². The molecule has 0 amide bonds. The highest BCUT2D eigenvalue weighted by Crippen LogP contribution is 2.24. The predicted molar refractivity (Wildman–Crippen MR) is 87.1 cm³/mol. The third-order valence-corrected chi connectivity index (χ3v) is 4.80. The zero-order valence-electron chi connectivity index (χ0n) is 11.2. The van der Waals surface area contributed by atoms with Gasteiger partial charge in [0.05, 0.1) is 15.4 Å². The molecule has 0 N–H and O–H groups in total. The van der Waals surface area contributed by atoms with Gasteiger partial charge in [-0.3, -0.25) is 0 Å². The van der Waals surface area contributed by atoms with Gasteiger partial charge < -0.3 is 4.57 Å². The van der Waals surface area contributed by atoms with E-state index in [0.29, 0.717) is 17.8 Å². The Morgan fingerprint density at radius 2 is 2.05 bits per heavy atom. The third-order valence-electron chi connectivity index (χ3n) is 3.32. The van der Waals surface area contributed by atoms with Crippen LogP contribution >= 0.6 is 34.5 Å². The first-order valence-electron chi connectivity index (χ1n) is 6.62. The van der Waals surface area contributed by atoms with Crippen LogP contribution in [0.3, 0.4) is 0 Å². The summed E-state index contributed by atoms with van der Waals surface area (Å²) >= 11 is 13.4. The van der Waals surface area contributed by atoms with Gasteiger partial charge in [-0.25, -0.2) is 9.37 Å². The molecule has 0 radical (unpaired) electrons. The zero-order chi connectivity index (χ0) is 14.8. The van der Waals surface area contributed by atoms with Crippen molar-refractivity contribution in [3.63, 3.8) is 0 Å². The summed E-state index contributed by atoms with van der Waals surface area (Å²) in [6.07, 6.45) is 1.54. The molecule has 0 aliphatic heterocycles. The molecule has 0 saturated heterocycles. The van der Waals surface area contributed by atoms with Crippen LogP contribution in [0.25, 0.3) is 11.0 Å². The fourth-order valence-electron chi connectivity index (χ4n) is 2.39. The van der Waals surface area contributed by atoms with E-state index >= 15 is 0 Å². The Hall–Kier alpha value is -1.10. The summed E-state index contributed by atoms with van der Waals surface area (Å²) < 4.78 is 16.2. The number of aromatic nitrogens is 2. The van der Waals surface area contributed by atoms with E-state index in [0.717, 1.165) is 28.6 Å². The molecule has 0 atom stereocenters. The molecule has 3 aromatic rings. The highest BCUT2D eigenvalue weighted by Gasteiger charge is 2.11. The third kappa shape index (κ3) is 3.23. The smallest absolute Gasteiger partial charge is 0.125 e. The molecule has 0 aliphatic rings. The van der Waals surface area contributed by atoms with Crippen molar-refractivity contribution in [1.82, 2.24) is 9.55 Å². The summed E-state index contributed by atoms with van der Waals surface area (Å²) in [5.74, 6) is 1.12. The van der Waals surface area contributed by atoms with Gasteiger partial charge in [-0.05, 0) is 30.7 Å². The Morgan fingerprint density at radius 3 is 2.76 bits per heavy atom. The van der Waals surface area contributed by atoms with Crippen LogP contribution in [0.4, 0.5) is 4.39 Å². The first-order chi connectivity index (χ1) is 10.2. The van der Waals surface area contributed by atoms with Crippen LogP contribution in [0.15, 0.2) is 30.3 Å². The van der Waals surface area contributed by atoms with Crippen LogP contribution in [0.5, 0.6) is 0 Å². The van der Waals surface area contributed by atoms with Crippen LogP contribution in [0, 0.1) is 5.82 Å². The van der Waals surface area contributed by atoms with Crippen LogP contribution in [0.1, 0.15) is 10.7 Å². The molecule has 0 bridgehead atoms. The minimum atomic E-state index is -0.269. The van der Waals surface area contributed by atoms with E-state index in [2.05, 4.69) is 9.55 Å². The summed E-state index contributed by atoms with van der Waals surface area (Å²) in [5.41, 5.74) is 1.62. The molecule has 1 aromatic carbocycles. The molecular formula is C15H13Cl2FN2S. The summed E-state index contributed by atoms with van der Waals surface area (Å²) in [6.45, 7) is 0.783. The number of imidazole rings is 1. The first-order valence-corrected chi connectivity index (χ1v) is 8.35. The van der Waals surface area contributed by atoms with Gasteiger partial charge in [-0.15, -0.1) is 22.9 Å². The number of alkyl halides is 1. The minimum absolute atomic E-state index is 0.269. The normalized spacial score (nSPS) is 11.4. The van der Waals surface area contributed by atoms with E-state index in [1.165, 1.54) is 17.0 Å². The number of aryl methyl sites for hydroxylation is 3. The molecule has 0 saturated carbocycles. The summed E-state index contributed by atoms with van der Waals surface area (Å²) in [5, 5.41) is 0. The van der Waals surface area contributed by atoms with Crippen molar-refractivity contribution >= 4 is 45.6 Å². The molecule has 2 heterocycles. The summed E-state index contributed by atoms with van der Waals surface area (Å²) in [6, 6.07) is 8.64.